The molecule has 4 heterocycles. The van der Waals surface area contributed by atoms with Gasteiger partial charge in [0.1, 0.15) is 42.6 Å². The minimum Gasteiger partial charge on any atom is -0.388 e. The van der Waals surface area contributed by atoms with Gasteiger partial charge in [0.25, 0.3) is 0 Å². The number of hydrogen-bond donors (Lipinski definition) is 5. The average molecular weight is 783 g/mol. The number of aliphatic hydroxyl groups excluding tert-OH is 1. The molecule has 0 aliphatic carbocycles. The van der Waals surface area contributed by atoms with E-state index in [9.17, 15) is 24.3 Å². The third-order valence-corrected chi connectivity index (χ3v) is 10.3. The molecule has 4 fully saturated rings. The summed E-state index contributed by atoms with van der Waals surface area (Å²) in [5.74, 6) is -0.935. The first-order valence-corrected chi connectivity index (χ1v) is 19.5. The highest BCUT2D eigenvalue weighted by molar-refractivity contribution is 5.81. The maximum atomic E-state index is 12.6. The molecule has 2 aromatic carbocycles. The van der Waals surface area contributed by atoms with Gasteiger partial charge in [0, 0.05) is 31.8 Å². The summed E-state index contributed by atoms with van der Waals surface area (Å²) < 4.78 is 34.5. The quantitative estimate of drug-likeness (QED) is 0.187. The monoisotopic (exact) mass is 782 g/mol. The van der Waals surface area contributed by atoms with Crippen LogP contribution in [0.5, 0.6) is 0 Å². The fourth-order valence-electron chi connectivity index (χ4n) is 7.48. The van der Waals surface area contributed by atoms with Crippen molar-refractivity contribution >= 4 is 23.6 Å². The van der Waals surface area contributed by atoms with E-state index in [0.717, 1.165) is 12.0 Å². The zero-order valence-corrected chi connectivity index (χ0v) is 33.2. The summed E-state index contributed by atoms with van der Waals surface area (Å²) in [4.78, 5) is 48.4. The topological polar surface area (TPSA) is 192 Å². The first-order chi connectivity index (χ1) is 26.7. The molecule has 2 aromatic rings. The van der Waals surface area contributed by atoms with E-state index in [1.54, 1.807) is 13.8 Å². The molecular weight excluding hydrogens is 724 g/mol. The maximum absolute atomic E-state index is 12.6. The number of rotatable bonds is 14. The Morgan fingerprint density at radius 1 is 0.679 bits per heavy atom. The lowest BCUT2D eigenvalue weighted by Crippen LogP contribution is -2.62. The van der Waals surface area contributed by atoms with E-state index in [0.29, 0.717) is 13.0 Å². The summed E-state index contributed by atoms with van der Waals surface area (Å²) in [6.45, 7) is 12.8. The Morgan fingerprint density at radius 3 is 1.55 bits per heavy atom. The molecule has 4 saturated heterocycles. The Balaban J connectivity index is 0.000000214. The highest BCUT2D eigenvalue weighted by Gasteiger charge is 2.52. The Kier molecular flexibility index (Phi) is 15.4. The molecule has 4 amide bonds. The maximum Gasteiger partial charge on any atom is 0.249 e. The van der Waals surface area contributed by atoms with Crippen LogP contribution in [0.15, 0.2) is 60.7 Å². The molecule has 15 nitrogen and oxygen atoms in total. The predicted molar refractivity (Wildman–Crippen MR) is 204 cm³/mol. The van der Waals surface area contributed by atoms with Gasteiger partial charge in [-0.25, -0.2) is 0 Å². The lowest BCUT2D eigenvalue weighted by Gasteiger charge is -2.40. The van der Waals surface area contributed by atoms with E-state index in [1.165, 1.54) is 19.4 Å². The number of carbonyl (C=O) groups excluding carboxylic acids is 4. The first-order valence-electron chi connectivity index (χ1n) is 19.5. The van der Waals surface area contributed by atoms with Crippen molar-refractivity contribution < 1.29 is 52.7 Å². The van der Waals surface area contributed by atoms with Crippen LogP contribution >= 0.6 is 0 Å². The summed E-state index contributed by atoms with van der Waals surface area (Å²) in [6.07, 6.45) is -4.05. The smallest absolute Gasteiger partial charge is 0.249 e. The normalized spacial score (nSPS) is 31.1. The molecule has 4 aliphatic heterocycles. The highest BCUT2D eigenvalue weighted by Crippen LogP contribution is 2.35. The van der Waals surface area contributed by atoms with Gasteiger partial charge in [-0.1, -0.05) is 67.6 Å². The van der Waals surface area contributed by atoms with E-state index in [2.05, 4.69) is 21.3 Å². The van der Waals surface area contributed by atoms with Crippen LogP contribution in [-0.4, -0.2) is 121 Å². The Hall–Kier alpha value is -3.96. The van der Waals surface area contributed by atoms with Crippen molar-refractivity contribution in [3.8, 4) is 0 Å². The molecule has 0 saturated carbocycles. The van der Waals surface area contributed by atoms with Crippen LogP contribution in [-0.2, 0) is 60.4 Å². The summed E-state index contributed by atoms with van der Waals surface area (Å²) >= 11 is 0. The average Bonchev–Trinajstić information content (AvgIpc) is 3.81. The summed E-state index contributed by atoms with van der Waals surface area (Å²) in [5, 5.41) is 22.0. The zero-order valence-electron chi connectivity index (χ0n) is 33.2. The zero-order chi connectivity index (χ0) is 40.5. The second-order valence-electron chi connectivity index (χ2n) is 15.2. The third-order valence-electron chi connectivity index (χ3n) is 10.3. The molecule has 14 atom stereocenters. The molecule has 5 N–H and O–H groups in total. The van der Waals surface area contributed by atoms with Gasteiger partial charge in [-0.3, -0.25) is 19.2 Å². The molecule has 56 heavy (non-hydrogen) atoms. The summed E-state index contributed by atoms with van der Waals surface area (Å²) in [5.41, 5.74) is 2.30. The largest absolute Gasteiger partial charge is 0.388 e. The lowest BCUT2D eigenvalue weighted by molar-refractivity contribution is -0.209. The number of aliphatic hydroxyl groups is 1. The molecule has 0 radical (unpaired) electrons. The van der Waals surface area contributed by atoms with Gasteiger partial charge >= 0.3 is 0 Å². The van der Waals surface area contributed by atoms with Gasteiger partial charge in [-0.15, -0.1) is 0 Å². The molecule has 0 aromatic heterocycles. The van der Waals surface area contributed by atoms with Gasteiger partial charge in [0.2, 0.25) is 23.6 Å². The molecule has 0 spiro atoms. The van der Waals surface area contributed by atoms with E-state index in [4.69, 9.17) is 28.4 Å². The van der Waals surface area contributed by atoms with Crippen molar-refractivity contribution in [2.75, 3.05) is 13.2 Å². The summed E-state index contributed by atoms with van der Waals surface area (Å²) in [7, 11) is 0. The predicted octanol–water partition coefficient (Wildman–Crippen LogP) is 1.53. The van der Waals surface area contributed by atoms with Crippen molar-refractivity contribution in [1.82, 2.24) is 21.3 Å². The van der Waals surface area contributed by atoms with E-state index < -0.39 is 55.2 Å². The highest BCUT2D eigenvalue weighted by atomic mass is 16.7. The van der Waals surface area contributed by atoms with E-state index in [-0.39, 0.29) is 60.4 Å². The molecule has 0 unspecified atom stereocenters. The first kappa shape index (κ1) is 43.2. The standard InChI is InChI=1S/C21H30N2O5.C20H28N2O6/c1-12(10-16-8-6-5-7-9-16)22-20(25)14(3)27-19-13(2)17-11-26-21(28-17)18(19)23-15(4)24;1-11(9-14-7-5-4-6-8-14)21-19(25)12(2)27-18-16(22-13(3)23)20-26-10-15(28-20)17(18)24/h5-9,12-14,17-19,21H,10-11H2,1-4H3,(H,22,25)(H,23,24);4-8,11-12,15-18,20,24H,9-10H2,1-3H3,(H,21,25)(H,22,23)/t12-,13-,14-,17-,18-,19+,21-;11-,12-,15-,16-,17-,18-,20-/m11/s1. The Bertz CT molecular complexity index is 1480. The second-order valence-corrected chi connectivity index (χ2v) is 15.2. The lowest BCUT2D eigenvalue weighted by atomic mass is 9.90. The number of carbonyl (C=O) groups is 4. The van der Waals surface area contributed by atoms with Crippen molar-refractivity contribution in [3.05, 3.63) is 71.8 Å². The van der Waals surface area contributed by atoms with Crippen molar-refractivity contribution in [3.63, 3.8) is 0 Å². The van der Waals surface area contributed by atoms with Crippen molar-refractivity contribution in [2.45, 2.75) is 141 Å². The van der Waals surface area contributed by atoms with Crippen LogP contribution in [0.2, 0.25) is 0 Å². The number of amides is 4. The van der Waals surface area contributed by atoms with Gasteiger partial charge in [0.15, 0.2) is 12.6 Å². The molecule has 6 rings (SSSR count). The minimum absolute atomic E-state index is 0.00686. The summed E-state index contributed by atoms with van der Waals surface area (Å²) in [6, 6.07) is 18.7. The van der Waals surface area contributed by atoms with E-state index >= 15 is 0 Å². The molecule has 4 bridgehead atoms. The van der Waals surface area contributed by atoms with Crippen LogP contribution < -0.4 is 21.3 Å². The van der Waals surface area contributed by atoms with Crippen LogP contribution in [0.4, 0.5) is 0 Å². The fraction of sp³-hybridized carbons (Fsp3) is 0.610. The van der Waals surface area contributed by atoms with Crippen molar-refractivity contribution in [2.24, 2.45) is 5.92 Å². The van der Waals surface area contributed by atoms with Crippen molar-refractivity contribution in [1.29, 1.82) is 0 Å². The van der Waals surface area contributed by atoms with Gasteiger partial charge in [-0.05, 0) is 51.7 Å². The number of benzene rings is 2. The van der Waals surface area contributed by atoms with Gasteiger partial charge < -0.3 is 54.8 Å². The Labute approximate surface area is 328 Å². The fourth-order valence-corrected chi connectivity index (χ4v) is 7.48. The number of ether oxygens (including phenoxy) is 6. The molecule has 4 aliphatic rings. The van der Waals surface area contributed by atoms with E-state index in [1.807, 2.05) is 81.4 Å². The number of fused-ring (bicyclic) bond motifs is 4. The van der Waals surface area contributed by atoms with Crippen LogP contribution in [0.3, 0.4) is 0 Å². The van der Waals surface area contributed by atoms with Gasteiger partial charge in [-0.2, -0.15) is 0 Å². The molecular formula is C41H58N4O11. The number of hydrogen-bond acceptors (Lipinski definition) is 11. The third kappa shape index (κ3) is 11.6. The second kappa shape index (κ2) is 19.9. The molecule has 308 valence electrons. The Morgan fingerprint density at radius 2 is 1.09 bits per heavy atom. The SMILES string of the molecule is CC(=O)N[C@H]1[C@@H]2OC[C@@H](O2)[C@@H](C)[C@@H]1O[C@H](C)C(=O)N[C@H](C)Cc1ccccc1.CC(=O)N[C@H]1[C@@H]2OC[C@@H](O2)[C@@H](O)[C@@H]1O[C@H](C)C(=O)N[C@H](C)Cc1ccccc1. The van der Waals surface area contributed by atoms with Crippen LogP contribution in [0.1, 0.15) is 59.6 Å². The molecule has 15 heteroatoms. The van der Waals surface area contributed by atoms with Gasteiger partial charge in [0.05, 0.1) is 25.4 Å². The minimum atomic E-state index is -1.01. The van der Waals surface area contributed by atoms with Crippen LogP contribution in [0.25, 0.3) is 0 Å². The van der Waals surface area contributed by atoms with Crippen LogP contribution in [0, 0.1) is 5.92 Å². The number of nitrogens with one attached hydrogen (secondary N) is 4.